The maximum atomic E-state index is 13.3. The molecule has 4 amide bonds. The summed E-state index contributed by atoms with van der Waals surface area (Å²) in [4.78, 5) is 55.8. The van der Waals surface area contributed by atoms with Crippen molar-refractivity contribution in [3.63, 3.8) is 0 Å². The standard InChI is InChI=1S/C30H54N6O8S/c1-17(2)11-22(24(37)12-20(7)27(38)35-26(19(5)6)29(40)31-13-18(3)4)33-28(39)23(16-45(10,42)43)34-30(41)44-15-25-32-21(8)14-36(25)9/h14,17-20,22-24,26,37H,11-13,15-16H2,1-10H3,(H,31,40)(H,33,39)(H,34,41)(H,35,38)/t20-,22+,23+,24+,26+/m1/s1. The fourth-order valence-electron chi connectivity index (χ4n) is 4.58. The van der Waals surface area contributed by atoms with Gasteiger partial charge in [-0.25, -0.2) is 18.2 Å². The lowest BCUT2D eigenvalue weighted by atomic mass is 9.91. The topological polar surface area (TPSA) is 198 Å². The number of aliphatic hydroxyl groups is 1. The molecule has 1 rings (SSSR count). The van der Waals surface area contributed by atoms with Gasteiger partial charge in [0.05, 0.1) is 23.6 Å². The first kappa shape index (κ1) is 39.8. The number of nitrogens with one attached hydrogen (secondary N) is 4. The number of rotatable bonds is 18. The molecule has 258 valence electrons. The number of alkyl carbamates (subject to hydrolysis) is 1. The highest BCUT2D eigenvalue weighted by molar-refractivity contribution is 7.90. The van der Waals surface area contributed by atoms with E-state index in [2.05, 4.69) is 26.3 Å². The van der Waals surface area contributed by atoms with Crippen LogP contribution < -0.4 is 21.3 Å². The number of sulfone groups is 1. The first-order valence-electron chi connectivity index (χ1n) is 15.4. The summed E-state index contributed by atoms with van der Waals surface area (Å²) >= 11 is 0. The number of carbonyl (C=O) groups excluding carboxylic acids is 4. The van der Waals surface area contributed by atoms with Gasteiger partial charge in [0.2, 0.25) is 17.7 Å². The van der Waals surface area contributed by atoms with E-state index in [1.807, 2.05) is 41.5 Å². The Morgan fingerprint density at radius 1 is 0.933 bits per heavy atom. The van der Waals surface area contributed by atoms with Crippen molar-refractivity contribution in [3.8, 4) is 0 Å². The van der Waals surface area contributed by atoms with Crippen LogP contribution in [0.4, 0.5) is 4.79 Å². The van der Waals surface area contributed by atoms with Crippen molar-refractivity contribution in [2.24, 2.45) is 30.7 Å². The molecule has 14 nitrogen and oxygen atoms in total. The summed E-state index contributed by atoms with van der Waals surface area (Å²) in [5, 5.41) is 21.7. The quantitative estimate of drug-likeness (QED) is 0.154. The Balaban J connectivity index is 2.98. The van der Waals surface area contributed by atoms with Crippen molar-refractivity contribution < 1.29 is 37.4 Å². The minimum Gasteiger partial charge on any atom is -0.441 e. The van der Waals surface area contributed by atoms with Crippen LogP contribution in [0.1, 0.15) is 72.8 Å². The monoisotopic (exact) mass is 658 g/mol. The number of carbonyl (C=O) groups is 4. The van der Waals surface area contributed by atoms with Gasteiger partial charge in [0.25, 0.3) is 0 Å². The number of nitrogens with zero attached hydrogens (tertiary/aromatic N) is 2. The molecule has 0 unspecified atom stereocenters. The number of aliphatic hydroxyl groups excluding tert-OH is 1. The van der Waals surface area contributed by atoms with Crippen molar-refractivity contribution in [1.82, 2.24) is 30.8 Å². The van der Waals surface area contributed by atoms with Crippen LogP contribution in [-0.4, -0.2) is 89.7 Å². The molecule has 1 aromatic heterocycles. The predicted molar refractivity (Wildman–Crippen MR) is 171 cm³/mol. The Bertz CT molecular complexity index is 1250. The SMILES string of the molecule is Cc1cn(C)c(COC(=O)N[C@@H](CS(C)(=O)=O)C(=O)N[C@@H](CC(C)C)[C@@H](O)C[C@@H](C)C(=O)N[C@H](C(=O)NCC(C)C)C(C)C)n1. The first-order chi connectivity index (χ1) is 20.7. The molecule has 5 N–H and O–H groups in total. The van der Waals surface area contributed by atoms with Crippen molar-refractivity contribution >= 4 is 33.7 Å². The van der Waals surface area contributed by atoms with Gasteiger partial charge in [0.15, 0.2) is 6.61 Å². The third-order valence-electron chi connectivity index (χ3n) is 6.99. The lowest BCUT2D eigenvalue weighted by Gasteiger charge is -2.30. The molecule has 0 aromatic carbocycles. The zero-order valence-corrected chi connectivity index (χ0v) is 29.2. The Kier molecular flexibility index (Phi) is 16.0. The number of imidazole rings is 1. The van der Waals surface area contributed by atoms with Crippen LogP contribution in [0.3, 0.4) is 0 Å². The summed E-state index contributed by atoms with van der Waals surface area (Å²) in [6, 6.07) is -3.13. The van der Waals surface area contributed by atoms with Crippen molar-refractivity contribution in [3.05, 3.63) is 17.7 Å². The van der Waals surface area contributed by atoms with Crippen LogP contribution in [0.2, 0.25) is 0 Å². The van der Waals surface area contributed by atoms with E-state index in [1.165, 1.54) is 0 Å². The summed E-state index contributed by atoms with van der Waals surface area (Å²) in [5.41, 5.74) is 0.722. The third kappa shape index (κ3) is 15.1. The van der Waals surface area contributed by atoms with E-state index in [0.29, 0.717) is 18.8 Å². The highest BCUT2D eigenvalue weighted by atomic mass is 32.2. The van der Waals surface area contributed by atoms with E-state index in [9.17, 15) is 32.7 Å². The maximum absolute atomic E-state index is 13.3. The van der Waals surface area contributed by atoms with E-state index in [1.54, 1.807) is 31.7 Å². The normalized spacial score (nSPS) is 15.2. The van der Waals surface area contributed by atoms with Crippen molar-refractivity contribution in [2.75, 3.05) is 18.6 Å². The Labute approximate surface area is 267 Å². The third-order valence-corrected chi connectivity index (χ3v) is 7.93. The van der Waals surface area contributed by atoms with Gasteiger partial charge >= 0.3 is 6.09 Å². The summed E-state index contributed by atoms with van der Waals surface area (Å²) in [6.07, 6.45) is 0.739. The van der Waals surface area contributed by atoms with E-state index >= 15 is 0 Å². The van der Waals surface area contributed by atoms with Crippen LogP contribution in [0.25, 0.3) is 0 Å². The van der Waals surface area contributed by atoms with E-state index < -0.39 is 63.6 Å². The van der Waals surface area contributed by atoms with E-state index in [-0.39, 0.29) is 36.7 Å². The largest absolute Gasteiger partial charge is 0.441 e. The number of ether oxygens (including phenoxy) is 1. The smallest absolute Gasteiger partial charge is 0.408 e. The number of hydrogen-bond acceptors (Lipinski definition) is 9. The molecule has 0 fully saturated rings. The molecule has 15 heteroatoms. The summed E-state index contributed by atoms with van der Waals surface area (Å²) in [7, 11) is -1.99. The minimum absolute atomic E-state index is 0.0107. The maximum Gasteiger partial charge on any atom is 0.408 e. The zero-order valence-electron chi connectivity index (χ0n) is 28.3. The lowest BCUT2D eigenvalue weighted by molar-refractivity contribution is -0.132. The molecule has 0 aliphatic heterocycles. The molecular formula is C30H54N6O8S. The molecule has 0 spiro atoms. The highest BCUT2D eigenvalue weighted by Crippen LogP contribution is 2.17. The Morgan fingerprint density at radius 2 is 1.56 bits per heavy atom. The molecule has 0 saturated carbocycles. The van der Waals surface area contributed by atoms with Gasteiger partial charge in [-0.3, -0.25) is 14.4 Å². The Hall–Kier alpha value is -3.20. The molecule has 0 radical (unpaired) electrons. The molecule has 0 aliphatic carbocycles. The molecule has 1 aromatic rings. The number of amides is 4. The van der Waals surface area contributed by atoms with Gasteiger partial charge in [-0.2, -0.15) is 0 Å². The van der Waals surface area contributed by atoms with Crippen LogP contribution >= 0.6 is 0 Å². The minimum atomic E-state index is -3.72. The second-order valence-electron chi connectivity index (χ2n) is 13.1. The molecule has 1 heterocycles. The number of aromatic nitrogens is 2. The number of aryl methyl sites for hydroxylation is 2. The van der Waals surface area contributed by atoms with Crippen LogP contribution in [0, 0.1) is 30.6 Å². The summed E-state index contributed by atoms with van der Waals surface area (Å²) in [5.74, 6) is -2.43. The summed E-state index contributed by atoms with van der Waals surface area (Å²) < 4.78 is 31.1. The van der Waals surface area contributed by atoms with E-state index in [0.717, 1.165) is 11.9 Å². The average molecular weight is 659 g/mol. The zero-order chi connectivity index (χ0) is 34.6. The van der Waals surface area contributed by atoms with Gasteiger partial charge in [-0.15, -0.1) is 0 Å². The Morgan fingerprint density at radius 3 is 2.04 bits per heavy atom. The van der Waals surface area contributed by atoms with E-state index in [4.69, 9.17) is 4.74 Å². The second-order valence-corrected chi connectivity index (χ2v) is 15.3. The highest BCUT2D eigenvalue weighted by Gasteiger charge is 2.33. The average Bonchev–Trinajstić information content (AvgIpc) is 3.23. The molecule has 0 saturated heterocycles. The van der Waals surface area contributed by atoms with Crippen molar-refractivity contribution in [2.45, 2.75) is 99.1 Å². The van der Waals surface area contributed by atoms with Crippen LogP contribution in [-0.2, 0) is 42.6 Å². The fourth-order valence-corrected chi connectivity index (χ4v) is 5.42. The lowest BCUT2D eigenvalue weighted by Crippen LogP contribution is -2.55. The van der Waals surface area contributed by atoms with Crippen molar-refractivity contribution in [1.29, 1.82) is 0 Å². The second kappa shape index (κ2) is 18.1. The van der Waals surface area contributed by atoms with Gasteiger partial charge in [-0.1, -0.05) is 48.5 Å². The van der Waals surface area contributed by atoms with Crippen LogP contribution in [0.15, 0.2) is 6.20 Å². The molecule has 5 atom stereocenters. The fraction of sp³-hybridized carbons (Fsp3) is 0.767. The first-order valence-corrected chi connectivity index (χ1v) is 17.4. The molecule has 0 aliphatic rings. The predicted octanol–water partition coefficient (Wildman–Crippen LogP) is 1.20. The molecule has 0 bridgehead atoms. The van der Waals surface area contributed by atoms with Crippen LogP contribution in [0.5, 0.6) is 0 Å². The van der Waals surface area contributed by atoms with Gasteiger partial charge in [0.1, 0.15) is 27.7 Å². The summed E-state index contributed by atoms with van der Waals surface area (Å²) in [6.45, 7) is 15.0. The van der Waals surface area contributed by atoms with Gasteiger partial charge < -0.3 is 35.7 Å². The molecule has 45 heavy (non-hydrogen) atoms. The number of hydrogen-bond donors (Lipinski definition) is 5. The molecular weight excluding hydrogens is 604 g/mol. The van der Waals surface area contributed by atoms with Gasteiger partial charge in [0, 0.05) is 32.0 Å². The van der Waals surface area contributed by atoms with Gasteiger partial charge in [-0.05, 0) is 37.5 Å².